The van der Waals surface area contributed by atoms with Gasteiger partial charge in [0.25, 0.3) is 0 Å². The summed E-state index contributed by atoms with van der Waals surface area (Å²) < 4.78 is 0. The monoisotopic (exact) mass is 165 g/mol. The first kappa shape index (κ1) is 25.9. The second-order valence-corrected chi connectivity index (χ2v) is 0.702. The highest BCUT2D eigenvalue weighted by Gasteiger charge is 1.68. The fourth-order valence-corrected chi connectivity index (χ4v) is 0. The maximum atomic E-state index is 9.33. The summed E-state index contributed by atoms with van der Waals surface area (Å²) in [5.74, 6) is -0.0833. The van der Waals surface area contributed by atoms with Gasteiger partial charge in [-0.15, -0.1) is 0 Å². The highest BCUT2D eigenvalue weighted by Crippen LogP contribution is 1.27. The van der Waals surface area contributed by atoms with E-state index in [2.05, 4.69) is 5.73 Å². The molecule has 0 radical (unpaired) electrons. The van der Waals surface area contributed by atoms with Crippen molar-refractivity contribution in [2.24, 2.45) is 0 Å². The molecule has 0 aromatic heterocycles. The number of amides is 1. The lowest BCUT2D eigenvalue weighted by Gasteiger charge is -1.53. The van der Waals surface area contributed by atoms with Gasteiger partial charge in [-0.2, -0.15) is 0 Å². The van der Waals surface area contributed by atoms with Crippen molar-refractivity contribution in [1.29, 1.82) is 0 Å². The quantitative estimate of drug-likeness (QED) is 0.382. The molecule has 48 valence electrons. The molecule has 5 heteroatoms. The largest absolute Gasteiger partial charge is 1.00 e. The molecule has 0 bridgehead atoms. The summed E-state index contributed by atoms with van der Waals surface area (Å²) in [7, 11) is 0. The van der Waals surface area contributed by atoms with Crippen molar-refractivity contribution in [2.45, 2.75) is 6.92 Å². The standard InChI is InChI=1S/C2H5NO.3ClH/c1-2(3)4;;;/h1H3,(H2,3,4);3*1H/p-2. The Bertz CT molecular complexity index is 35.9. The normalized spacial score (nSPS) is 3.71. The van der Waals surface area contributed by atoms with E-state index in [1.807, 2.05) is 0 Å². The topological polar surface area (TPSA) is 44.7 Å². The minimum absolute atomic E-state index is 0. The van der Waals surface area contributed by atoms with Crippen LogP contribution >= 0.6 is 0 Å². The first-order chi connectivity index (χ1) is 1.73. The second-order valence-electron chi connectivity index (χ2n) is 0.702. The maximum Gasteiger partial charge on any atom is 0.305 e. The van der Waals surface area contributed by atoms with Crippen LogP contribution in [-0.2, 0) is 4.79 Å². The van der Waals surface area contributed by atoms with Crippen LogP contribution in [-0.4, -0.2) is 5.91 Å². The smallest absolute Gasteiger partial charge is 0.305 e. The number of rotatable bonds is 0. The lowest BCUT2D eigenvalue weighted by molar-refractivity contribution is -0.302. The molecule has 0 saturated carbocycles. The van der Waals surface area contributed by atoms with Gasteiger partial charge in [0.2, 0.25) is 0 Å². The van der Waals surface area contributed by atoms with Crippen molar-refractivity contribution in [3.05, 3.63) is 0 Å². The zero-order valence-corrected chi connectivity index (χ0v) is 6.02. The molecule has 1 amide bonds. The van der Waals surface area contributed by atoms with E-state index in [0.717, 1.165) is 0 Å². The number of carbonyl (C=O) groups excluding carboxylic acids is 1. The SMILES string of the molecule is CC([NH3+])=O.[Cl-].[Cl-].[Cl-]. The van der Waals surface area contributed by atoms with Gasteiger partial charge in [-0.3, -0.25) is 5.73 Å². The number of carbonyl (C=O) groups is 1. The summed E-state index contributed by atoms with van der Waals surface area (Å²) in [6.45, 7) is 1.42. The Hall–Kier alpha value is 0.500. The molecule has 0 spiro atoms. The molecule has 0 aliphatic carbocycles. The van der Waals surface area contributed by atoms with E-state index in [1.54, 1.807) is 0 Å². The van der Waals surface area contributed by atoms with E-state index in [9.17, 15) is 4.79 Å². The minimum atomic E-state index is -0.0833. The summed E-state index contributed by atoms with van der Waals surface area (Å²) in [5, 5.41) is 0. The fraction of sp³-hybridized carbons (Fsp3) is 0.500. The summed E-state index contributed by atoms with van der Waals surface area (Å²) in [6, 6.07) is 0. The van der Waals surface area contributed by atoms with E-state index < -0.39 is 0 Å². The molecule has 0 aromatic rings. The zero-order chi connectivity index (χ0) is 3.58. The molecule has 0 atom stereocenters. The van der Waals surface area contributed by atoms with Crippen molar-refractivity contribution < 1.29 is 47.7 Å². The molecule has 7 heavy (non-hydrogen) atoms. The summed E-state index contributed by atoms with van der Waals surface area (Å²) in [5.41, 5.74) is 3.00. The zero-order valence-electron chi connectivity index (χ0n) is 3.75. The van der Waals surface area contributed by atoms with Crippen molar-refractivity contribution in [3.63, 3.8) is 0 Å². The van der Waals surface area contributed by atoms with Crippen LogP contribution in [0.3, 0.4) is 0 Å². The third-order valence-corrected chi connectivity index (χ3v) is 0. The van der Waals surface area contributed by atoms with Crippen LogP contribution in [0.2, 0.25) is 0 Å². The van der Waals surface area contributed by atoms with Crippen LogP contribution in [0.15, 0.2) is 0 Å². The van der Waals surface area contributed by atoms with E-state index >= 15 is 0 Å². The van der Waals surface area contributed by atoms with Crippen LogP contribution in [0.5, 0.6) is 0 Å². The summed E-state index contributed by atoms with van der Waals surface area (Å²) in [6.07, 6.45) is 0. The van der Waals surface area contributed by atoms with Crippen LogP contribution in [0.1, 0.15) is 6.92 Å². The van der Waals surface area contributed by atoms with Gasteiger partial charge in [0.1, 0.15) is 0 Å². The van der Waals surface area contributed by atoms with Gasteiger partial charge in [0.15, 0.2) is 0 Å². The third kappa shape index (κ3) is 527. The fourth-order valence-electron chi connectivity index (χ4n) is 0. The van der Waals surface area contributed by atoms with Crippen LogP contribution in [0, 0.1) is 0 Å². The lowest BCUT2D eigenvalue weighted by Crippen LogP contribution is -3.00. The molecule has 3 N–H and O–H groups in total. The maximum absolute atomic E-state index is 9.33. The number of halogens is 3. The molecule has 0 saturated heterocycles. The molecule has 0 aromatic carbocycles. The number of hydrogen-bond acceptors (Lipinski definition) is 1. The molecule has 0 fully saturated rings. The van der Waals surface area contributed by atoms with Crippen molar-refractivity contribution >= 4 is 5.91 Å². The predicted octanol–water partition coefficient (Wildman–Crippen LogP) is -10.2. The van der Waals surface area contributed by atoms with Gasteiger partial charge in [-0.1, -0.05) is 0 Å². The Morgan fingerprint density at radius 2 is 1.29 bits per heavy atom. The highest BCUT2D eigenvalue weighted by molar-refractivity contribution is 5.60. The third-order valence-electron chi connectivity index (χ3n) is 0. The number of quaternary nitrogens is 1. The van der Waals surface area contributed by atoms with Crippen LogP contribution in [0.4, 0.5) is 0 Å². The number of hydrogen-bond donors (Lipinski definition) is 1. The Labute approximate surface area is 61.1 Å². The Morgan fingerprint density at radius 1 is 1.29 bits per heavy atom. The predicted molar refractivity (Wildman–Crippen MR) is 13.6 cm³/mol. The first-order valence-corrected chi connectivity index (χ1v) is 1.06. The average molecular weight is 166 g/mol. The van der Waals surface area contributed by atoms with Gasteiger partial charge in [0, 0.05) is 0 Å². The Balaban J connectivity index is -0.0000000150. The van der Waals surface area contributed by atoms with Gasteiger partial charge < -0.3 is 37.2 Å². The molecule has 0 heterocycles. The van der Waals surface area contributed by atoms with Crippen molar-refractivity contribution in [1.82, 2.24) is 0 Å². The van der Waals surface area contributed by atoms with Crippen molar-refractivity contribution in [3.8, 4) is 0 Å². The van der Waals surface area contributed by atoms with E-state index in [4.69, 9.17) is 0 Å². The molecule has 0 unspecified atom stereocenters. The van der Waals surface area contributed by atoms with Gasteiger partial charge >= 0.3 is 5.91 Å². The molecular weight excluding hydrogens is 160 g/mol. The minimum Gasteiger partial charge on any atom is -1.00 e. The highest BCUT2D eigenvalue weighted by atomic mass is 35.5. The Kier molecular flexibility index (Phi) is 59.3. The van der Waals surface area contributed by atoms with E-state index in [-0.39, 0.29) is 43.1 Å². The molecule has 0 rings (SSSR count). The summed E-state index contributed by atoms with van der Waals surface area (Å²) in [4.78, 5) is 9.33. The molecule has 2 nitrogen and oxygen atoms in total. The van der Waals surface area contributed by atoms with Gasteiger partial charge in [-0.05, 0) is 0 Å². The van der Waals surface area contributed by atoms with Gasteiger partial charge in [0.05, 0.1) is 6.92 Å². The lowest BCUT2D eigenvalue weighted by atomic mass is 10.8. The van der Waals surface area contributed by atoms with Gasteiger partial charge in [-0.25, -0.2) is 4.79 Å². The molecule has 0 aliphatic rings. The first-order valence-electron chi connectivity index (χ1n) is 1.06. The summed E-state index contributed by atoms with van der Waals surface area (Å²) >= 11 is 0. The molecular formula is C2H6Cl3NO-2. The second kappa shape index (κ2) is 16.1. The molecule has 0 aliphatic heterocycles. The van der Waals surface area contributed by atoms with Crippen molar-refractivity contribution in [2.75, 3.05) is 0 Å². The van der Waals surface area contributed by atoms with Crippen LogP contribution in [0.25, 0.3) is 0 Å². The van der Waals surface area contributed by atoms with Crippen LogP contribution < -0.4 is 43.0 Å². The average Bonchev–Trinajstić information content (AvgIpc) is 0.811. The van der Waals surface area contributed by atoms with E-state index in [0.29, 0.717) is 0 Å². The van der Waals surface area contributed by atoms with E-state index in [1.165, 1.54) is 6.92 Å². The Morgan fingerprint density at radius 3 is 1.29 bits per heavy atom.